The van der Waals surface area contributed by atoms with Crippen LogP contribution in [0, 0.1) is 53.5 Å². The zero-order chi connectivity index (χ0) is 51.5. The zero-order valence-corrected chi connectivity index (χ0v) is 39.2. The van der Waals surface area contributed by atoms with Crippen molar-refractivity contribution in [2.45, 2.75) is 33.6 Å². The van der Waals surface area contributed by atoms with Crippen LogP contribution in [0.15, 0.2) is 223 Å². The van der Waals surface area contributed by atoms with Gasteiger partial charge < -0.3 is 0 Å². The number of halogens is 8. The number of hydrogen-bond donors (Lipinski definition) is 0. The van der Waals surface area contributed by atoms with Crippen LogP contribution < -0.4 is 0 Å². The quantitative estimate of drug-likeness (QED) is 0.128. The fraction of sp³-hybridized carbons (Fsp3) is 0.0833. The van der Waals surface area contributed by atoms with Crippen molar-refractivity contribution in [1.82, 2.24) is 4.31 Å². The van der Waals surface area contributed by atoms with E-state index in [1.54, 1.807) is 6.92 Å². The van der Waals surface area contributed by atoms with Crippen molar-refractivity contribution >= 4 is 15.9 Å². The van der Waals surface area contributed by atoms with Crippen molar-refractivity contribution in [2.24, 2.45) is 0 Å². The van der Waals surface area contributed by atoms with Crippen LogP contribution >= 0.6 is 0 Å². The molecule has 0 radical (unpaired) electrons. The van der Waals surface area contributed by atoms with E-state index >= 15 is 48.3 Å². The average Bonchev–Trinajstić information content (AvgIpc) is 3.39. The largest absolute Gasteiger partial charge is 0.272 e. The number of carbonyl (C=O) groups is 1. The van der Waals surface area contributed by atoms with Gasteiger partial charge in [0.05, 0.1) is 15.7 Å². The van der Waals surface area contributed by atoms with Gasteiger partial charge in [-0.3, -0.25) is 4.79 Å². The summed E-state index contributed by atoms with van der Waals surface area (Å²) in [7, 11) is -5.51. The van der Waals surface area contributed by atoms with E-state index in [2.05, 4.69) is 0 Å². The molecule has 9 aromatic carbocycles. The van der Waals surface area contributed by atoms with Crippen LogP contribution in [-0.2, 0) is 36.6 Å². The minimum absolute atomic E-state index is 0.0443. The minimum Gasteiger partial charge on any atom is -0.272 e. The molecular weight excluding hydrogens is 967 g/mol. The molecular formula is C60H39F8NO3S. The lowest BCUT2D eigenvalue weighted by atomic mass is 9.32. The lowest BCUT2D eigenvalue weighted by Gasteiger charge is -2.72. The first-order chi connectivity index (χ1) is 35.0. The van der Waals surface area contributed by atoms with Gasteiger partial charge in [0, 0.05) is 0 Å². The van der Waals surface area contributed by atoms with E-state index in [0.29, 0.717) is 9.87 Å². The van der Waals surface area contributed by atoms with Crippen LogP contribution in [0.3, 0.4) is 0 Å². The smallest absolute Gasteiger partial charge is 0.267 e. The highest BCUT2D eigenvalue weighted by Crippen LogP contribution is 2.75. The van der Waals surface area contributed by atoms with Crippen molar-refractivity contribution in [2.75, 3.05) is 0 Å². The molecule has 1 amide bonds. The van der Waals surface area contributed by atoms with E-state index in [9.17, 15) is 0 Å². The standard InChI is InChI=1S/C60H39F8NO3S/c1-38-2-36-55(37-3-38)73(71,72)69-56(70)57(39-4-20-47(61)21-5-39,40-6-22-48(62)23-7-40)58(41-8-24-49(63)25-9-41,42-10-26-50(64)27-11-42)59(43-12-28-51(65)29-13-43,44-14-30-52(66)31-15-44)60(69,45-16-32-53(67)33-17-45)46-18-34-54(68)35-19-46/h2-37H,1H3. The molecule has 73 heavy (non-hydrogen) atoms. The normalized spacial score (nSPS) is 15.7. The summed E-state index contributed by atoms with van der Waals surface area (Å²) in [5.41, 5.74) is -11.2. The Kier molecular flexibility index (Phi) is 12.1. The predicted octanol–water partition coefficient (Wildman–Crippen LogP) is 13.5. The molecule has 364 valence electrons. The van der Waals surface area contributed by atoms with Crippen molar-refractivity contribution in [1.29, 1.82) is 0 Å². The Balaban J connectivity index is 1.68. The maximum atomic E-state index is 18.1. The van der Waals surface area contributed by atoms with Crippen LogP contribution in [0.2, 0.25) is 0 Å². The molecule has 1 heterocycles. The number of hydrogen-bond acceptors (Lipinski definition) is 3. The Morgan fingerprint density at radius 3 is 0.822 bits per heavy atom. The second-order valence-electron chi connectivity index (χ2n) is 17.9. The van der Waals surface area contributed by atoms with Crippen LogP contribution in [0.25, 0.3) is 0 Å². The molecule has 9 aromatic rings. The van der Waals surface area contributed by atoms with E-state index in [-0.39, 0.29) is 44.5 Å². The number of benzene rings is 9. The van der Waals surface area contributed by atoms with Crippen molar-refractivity contribution in [3.63, 3.8) is 0 Å². The van der Waals surface area contributed by atoms with Gasteiger partial charge in [0.25, 0.3) is 15.9 Å². The Morgan fingerprint density at radius 2 is 0.548 bits per heavy atom. The third kappa shape index (κ3) is 7.15. The molecule has 4 nitrogen and oxygen atoms in total. The fourth-order valence-corrected chi connectivity index (χ4v) is 13.3. The van der Waals surface area contributed by atoms with Crippen molar-refractivity contribution in [3.05, 3.63) is 315 Å². The lowest BCUT2D eigenvalue weighted by molar-refractivity contribution is -0.150. The summed E-state index contributed by atoms with van der Waals surface area (Å²) in [5, 5.41) is 0. The Labute approximate surface area is 415 Å². The molecule has 0 saturated carbocycles. The summed E-state index contributed by atoms with van der Waals surface area (Å²) < 4.78 is 161. The van der Waals surface area contributed by atoms with E-state index < -0.39 is 89.1 Å². The van der Waals surface area contributed by atoms with Crippen LogP contribution in [0.5, 0.6) is 0 Å². The second kappa shape index (κ2) is 18.2. The number of amides is 1. The number of carbonyl (C=O) groups excluding carboxylic acids is 1. The maximum absolute atomic E-state index is 18.1. The van der Waals surface area contributed by atoms with Gasteiger partial charge in [-0.1, -0.05) is 115 Å². The summed E-state index contributed by atoms with van der Waals surface area (Å²) in [6.07, 6.45) is 0. The minimum atomic E-state index is -5.51. The van der Waals surface area contributed by atoms with Crippen LogP contribution in [-0.4, -0.2) is 18.6 Å². The van der Waals surface area contributed by atoms with Gasteiger partial charge in [0.1, 0.15) is 57.5 Å². The predicted molar refractivity (Wildman–Crippen MR) is 260 cm³/mol. The van der Waals surface area contributed by atoms with Gasteiger partial charge in [0.15, 0.2) is 0 Å². The Morgan fingerprint density at radius 1 is 0.315 bits per heavy atom. The number of piperidine rings is 1. The number of nitrogens with zero attached hydrogens (tertiary/aromatic N) is 1. The highest BCUT2D eigenvalue weighted by Gasteiger charge is 2.83. The van der Waals surface area contributed by atoms with Gasteiger partial charge >= 0.3 is 0 Å². The zero-order valence-electron chi connectivity index (χ0n) is 38.4. The van der Waals surface area contributed by atoms with Crippen molar-refractivity contribution in [3.8, 4) is 0 Å². The summed E-state index contributed by atoms with van der Waals surface area (Å²) in [4.78, 5) is 17.6. The molecule has 0 N–H and O–H groups in total. The maximum Gasteiger partial charge on any atom is 0.267 e. The van der Waals surface area contributed by atoms with Crippen molar-refractivity contribution < 1.29 is 48.3 Å². The molecule has 1 aliphatic heterocycles. The van der Waals surface area contributed by atoms with Gasteiger partial charge in [-0.05, 0) is 161 Å². The number of aryl methyl sites for hydroxylation is 1. The molecule has 13 heteroatoms. The van der Waals surface area contributed by atoms with E-state index in [0.717, 1.165) is 97.1 Å². The van der Waals surface area contributed by atoms with Gasteiger partial charge in [-0.15, -0.1) is 0 Å². The molecule has 1 fully saturated rings. The molecule has 10 rings (SSSR count). The summed E-state index contributed by atoms with van der Waals surface area (Å²) in [6.45, 7) is 1.70. The number of rotatable bonds is 10. The highest BCUT2D eigenvalue weighted by molar-refractivity contribution is 7.89. The summed E-state index contributed by atoms with van der Waals surface area (Å²) >= 11 is 0. The SMILES string of the molecule is Cc1ccc(S(=O)(=O)N2C(=O)C(c3ccc(F)cc3)(c3ccc(F)cc3)C(c3ccc(F)cc3)(c3ccc(F)cc3)C(c3ccc(F)cc3)(c3ccc(F)cc3)C2(c2ccc(F)cc2)c2ccc(F)cc2)cc1. The first kappa shape index (κ1) is 48.5. The third-order valence-electron chi connectivity index (χ3n) is 14.2. The molecule has 0 aliphatic carbocycles. The van der Waals surface area contributed by atoms with E-state index in [1.165, 1.54) is 121 Å². The molecule has 0 unspecified atom stereocenters. The first-order valence-corrected chi connectivity index (χ1v) is 24.2. The fourth-order valence-electron chi connectivity index (χ4n) is 11.6. The molecule has 0 bridgehead atoms. The summed E-state index contributed by atoms with van der Waals surface area (Å²) in [6, 6.07) is 42.5. The highest BCUT2D eigenvalue weighted by atomic mass is 32.2. The molecule has 1 aliphatic rings. The Bertz CT molecular complexity index is 3410. The average molecular weight is 1010 g/mol. The van der Waals surface area contributed by atoms with Gasteiger partial charge in [-0.2, -0.15) is 0 Å². The lowest BCUT2D eigenvalue weighted by Crippen LogP contribution is -2.83. The number of sulfonamides is 1. The Hall–Kier alpha value is -8.16. The van der Waals surface area contributed by atoms with Gasteiger partial charge in [-0.25, -0.2) is 47.8 Å². The van der Waals surface area contributed by atoms with Gasteiger partial charge in [0.2, 0.25) is 0 Å². The van der Waals surface area contributed by atoms with E-state index in [1.807, 2.05) is 0 Å². The topological polar surface area (TPSA) is 54.5 Å². The molecule has 0 aromatic heterocycles. The monoisotopic (exact) mass is 1010 g/mol. The molecule has 0 spiro atoms. The van der Waals surface area contributed by atoms with Crippen LogP contribution in [0.1, 0.15) is 50.1 Å². The molecule has 1 saturated heterocycles. The first-order valence-electron chi connectivity index (χ1n) is 22.8. The third-order valence-corrected chi connectivity index (χ3v) is 16.0. The van der Waals surface area contributed by atoms with Crippen LogP contribution in [0.4, 0.5) is 35.1 Å². The van der Waals surface area contributed by atoms with E-state index in [4.69, 9.17) is 0 Å². The summed E-state index contributed by atoms with van der Waals surface area (Å²) in [5.74, 6) is -7.82. The second-order valence-corrected chi connectivity index (χ2v) is 19.7. The molecule has 0 atom stereocenters.